The van der Waals surface area contributed by atoms with Crippen molar-refractivity contribution < 1.29 is 9.18 Å². The van der Waals surface area contributed by atoms with E-state index in [-0.39, 0.29) is 23.9 Å². The van der Waals surface area contributed by atoms with Gasteiger partial charge in [-0.1, -0.05) is 26.0 Å². The number of nitrogens with zero attached hydrogens (tertiary/aromatic N) is 2. The van der Waals surface area contributed by atoms with Crippen molar-refractivity contribution in [2.45, 2.75) is 45.3 Å². The van der Waals surface area contributed by atoms with Crippen molar-refractivity contribution in [2.24, 2.45) is 0 Å². The molecule has 1 aromatic heterocycles. The summed E-state index contributed by atoms with van der Waals surface area (Å²) in [6.45, 7) is 5.56. The third-order valence-electron chi connectivity index (χ3n) is 4.80. The zero-order valence-electron chi connectivity index (χ0n) is 14.2. The number of urea groups is 1. The molecular formula is C19H24FN3O. The molecule has 1 atom stereocenters. The van der Waals surface area contributed by atoms with Gasteiger partial charge in [0.2, 0.25) is 0 Å². The van der Waals surface area contributed by atoms with Crippen molar-refractivity contribution in [1.29, 1.82) is 0 Å². The molecular weight excluding hydrogens is 305 g/mol. The van der Waals surface area contributed by atoms with Crippen LogP contribution in [0, 0.1) is 5.82 Å². The van der Waals surface area contributed by atoms with Gasteiger partial charge in [-0.15, -0.1) is 0 Å². The number of hydrogen-bond donors (Lipinski definition) is 1. The molecule has 5 heteroatoms. The van der Waals surface area contributed by atoms with Gasteiger partial charge in [0.1, 0.15) is 5.82 Å². The summed E-state index contributed by atoms with van der Waals surface area (Å²) >= 11 is 0. The summed E-state index contributed by atoms with van der Waals surface area (Å²) in [5, 5.41) is 3.12. The Morgan fingerprint density at radius 1 is 1.21 bits per heavy atom. The van der Waals surface area contributed by atoms with Crippen molar-refractivity contribution in [3.63, 3.8) is 0 Å². The number of nitrogens with one attached hydrogen (secondary N) is 1. The van der Waals surface area contributed by atoms with Crippen LogP contribution in [0.1, 0.15) is 44.0 Å². The summed E-state index contributed by atoms with van der Waals surface area (Å²) < 4.78 is 15.5. The Labute approximate surface area is 142 Å². The average Bonchev–Trinajstić information content (AvgIpc) is 3.08. The van der Waals surface area contributed by atoms with Gasteiger partial charge in [-0.3, -0.25) is 0 Å². The number of halogens is 1. The highest BCUT2D eigenvalue weighted by molar-refractivity contribution is 5.76. The number of amides is 2. The van der Waals surface area contributed by atoms with Crippen LogP contribution in [-0.4, -0.2) is 28.1 Å². The second-order valence-electron chi connectivity index (χ2n) is 6.24. The fourth-order valence-electron chi connectivity index (χ4n) is 3.35. The maximum Gasteiger partial charge on any atom is 0.318 e. The summed E-state index contributed by atoms with van der Waals surface area (Å²) in [6.07, 6.45) is 3.85. The topological polar surface area (TPSA) is 37.3 Å². The van der Waals surface area contributed by atoms with Gasteiger partial charge in [0, 0.05) is 31.0 Å². The molecule has 0 spiro atoms. The first-order chi connectivity index (χ1) is 11.6. The summed E-state index contributed by atoms with van der Waals surface area (Å²) in [7, 11) is 0. The third kappa shape index (κ3) is 3.16. The number of fused-ring (bicyclic) bond motifs is 1. The van der Waals surface area contributed by atoms with Crippen molar-refractivity contribution in [3.8, 4) is 0 Å². The van der Waals surface area contributed by atoms with Crippen LogP contribution in [0.5, 0.6) is 0 Å². The minimum absolute atomic E-state index is 0.0505. The Morgan fingerprint density at radius 2 is 1.92 bits per heavy atom. The van der Waals surface area contributed by atoms with Gasteiger partial charge in [0.25, 0.3) is 0 Å². The maximum atomic E-state index is 13.3. The van der Waals surface area contributed by atoms with E-state index in [9.17, 15) is 9.18 Å². The van der Waals surface area contributed by atoms with Gasteiger partial charge in [0.05, 0.1) is 6.04 Å². The van der Waals surface area contributed by atoms with E-state index in [0.29, 0.717) is 6.54 Å². The smallest absolute Gasteiger partial charge is 0.318 e. The number of benzene rings is 1. The van der Waals surface area contributed by atoms with E-state index in [1.807, 2.05) is 23.2 Å². The van der Waals surface area contributed by atoms with E-state index in [1.165, 1.54) is 12.1 Å². The first-order valence-corrected chi connectivity index (χ1v) is 8.61. The Morgan fingerprint density at radius 3 is 2.58 bits per heavy atom. The fraction of sp³-hybridized carbons (Fsp3) is 0.421. The minimum Gasteiger partial charge on any atom is -0.348 e. The van der Waals surface area contributed by atoms with E-state index in [4.69, 9.17) is 0 Å². The molecule has 128 valence electrons. The molecule has 24 heavy (non-hydrogen) atoms. The molecule has 4 nitrogen and oxygen atoms in total. The molecule has 0 aliphatic carbocycles. The van der Waals surface area contributed by atoms with Crippen molar-refractivity contribution in [3.05, 3.63) is 59.7 Å². The maximum absolute atomic E-state index is 13.3. The molecule has 0 unspecified atom stereocenters. The molecule has 1 aromatic carbocycles. The van der Waals surface area contributed by atoms with Gasteiger partial charge in [-0.25, -0.2) is 9.18 Å². The number of hydrogen-bond acceptors (Lipinski definition) is 1. The van der Waals surface area contributed by atoms with Crippen molar-refractivity contribution >= 4 is 6.03 Å². The van der Waals surface area contributed by atoms with Crippen LogP contribution in [-0.2, 0) is 6.54 Å². The molecule has 0 radical (unpaired) electrons. The third-order valence-corrected chi connectivity index (χ3v) is 4.80. The molecule has 0 saturated heterocycles. The number of rotatable bonds is 4. The standard InChI is InChI=1S/C19H24FN3O/c1-3-16(4-2)21-19(24)23-13-12-22-11-5-6-17(22)18(23)14-7-9-15(20)10-8-14/h5-11,16,18H,3-4,12-13H2,1-2H3,(H,21,24)/t18-/m1/s1. The zero-order valence-corrected chi connectivity index (χ0v) is 14.2. The molecule has 1 aliphatic rings. The van der Waals surface area contributed by atoms with Gasteiger partial charge < -0.3 is 14.8 Å². The molecule has 2 heterocycles. The predicted molar refractivity (Wildman–Crippen MR) is 92.3 cm³/mol. The second kappa shape index (κ2) is 7.07. The Kier molecular flexibility index (Phi) is 4.88. The summed E-state index contributed by atoms with van der Waals surface area (Å²) in [6, 6.07) is 10.4. The number of carbonyl (C=O) groups excluding carboxylic acids is 1. The molecule has 2 amide bonds. The zero-order chi connectivity index (χ0) is 17.1. The summed E-state index contributed by atoms with van der Waals surface area (Å²) in [5.41, 5.74) is 1.99. The Balaban J connectivity index is 1.92. The predicted octanol–water partition coefficient (Wildman–Crippen LogP) is 3.93. The number of aromatic nitrogens is 1. The minimum atomic E-state index is -0.266. The van der Waals surface area contributed by atoms with Crippen LogP contribution < -0.4 is 5.32 Å². The van der Waals surface area contributed by atoms with E-state index >= 15 is 0 Å². The number of carbonyl (C=O) groups is 1. The largest absolute Gasteiger partial charge is 0.348 e. The van der Waals surface area contributed by atoms with Gasteiger partial charge in [-0.05, 0) is 42.7 Å². The van der Waals surface area contributed by atoms with Gasteiger partial charge >= 0.3 is 6.03 Å². The molecule has 0 saturated carbocycles. The SMILES string of the molecule is CCC(CC)NC(=O)N1CCn2cccc2[C@H]1c1ccc(F)cc1. The lowest BCUT2D eigenvalue weighted by molar-refractivity contribution is 0.164. The molecule has 1 aliphatic heterocycles. The van der Waals surface area contributed by atoms with Crippen LogP contribution in [0.25, 0.3) is 0 Å². The highest BCUT2D eigenvalue weighted by Gasteiger charge is 2.32. The van der Waals surface area contributed by atoms with Crippen LogP contribution in [0.2, 0.25) is 0 Å². The van der Waals surface area contributed by atoms with Crippen LogP contribution in [0.4, 0.5) is 9.18 Å². The van der Waals surface area contributed by atoms with E-state index in [2.05, 4.69) is 23.7 Å². The molecule has 1 N–H and O–H groups in total. The Bertz CT molecular complexity index is 691. The van der Waals surface area contributed by atoms with E-state index in [0.717, 1.165) is 30.6 Å². The van der Waals surface area contributed by atoms with Crippen LogP contribution >= 0.6 is 0 Å². The van der Waals surface area contributed by atoms with E-state index < -0.39 is 0 Å². The lowest BCUT2D eigenvalue weighted by atomic mass is 10.00. The van der Waals surface area contributed by atoms with Crippen molar-refractivity contribution in [2.75, 3.05) is 6.54 Å². The lowest BCUT2D eigenvalue weighted by Gasteiger charge is -2.38. The summed E-state index contributed by atoms with van der Waals surface area (Å²) in [5.74, 6) is -0.266. The highest BCUT2D eigenvalue weighted by atomic mass is 19.1. The summed E-state index contributed by atoms with van der Waals surface area (Å²) in [4.78, 5) is 14.7. The molecule has 0 bridgehead atoms. The monoisotopic (exact) mass is 329 g/mol. The average molecular weight is 329 g/mol. The van der Waals surface area contributed by atoms with Crippen molar-refractivity contribution in [1.82, 2.24) is 14.8 Å². The quantitative estimate of drug-likeness (QED) is 0.906. The highest BCUT2D eigenvalue weighted by Crippen LogP contribution is 2.32. The molecule has 3 rings (SSSR count). The first-order valence-electron chi connectivity index (χ1n) is 8.61. The first kappa shape index (κ1) is 16.6. The fourth-order valence-corrected chi connectivity index (χ4v) is 3.35. The molecule has 2 aromatic rings. The van der Waals surface area contributed by atoms with E-state index in [1.54, 1.807) is 12.1 Å². The lowest BCUT2D eigenvalue weighted by Crippen LogP contribution is -2.49. The van der Waals surface area contributed by atoms with Gasteiger partial charge in [0.15, 0.2) is 0 Å². The molecule has 0 fully saturated rings. The normalized spacial score (nSPS) is 17.0. The Hall–Kier alpha value is -2.30. The second-order valence-corrected chi connectivity index (χ2v) is 6.24. The van der Waals surface area contributed by atoms with Crippen LogP contribution in [0.3, 0.4) is 0 Å². The van der Waals surface area contributed by atoms with Crippen LogP contribution in [0.15, 0.2) is 42.6 Å². The van der Waals surface area contributed by atoms with Gasteiger partial charge in [-0.2, -0.15) is 0 Å².